The van der Waals surface area contributed by atoms with Crippen LogP contribution < -0.4 is 0 Å². The number of hydrogen-bond donors (Lipinski definition) is 1. The third-order valence-electron chi connectivity index (χ3n) is 4.67. The molecule has 1 aliphatic heterocycles. The minimum Gasteiger partial charge on any atom is -0.456 e. The maximum Gasteiger partial charge on any atom is 0.336 e. The number of aliphatic hydroxyl groups excluding tert-OH is 1. The molecule has 3 atom stereocenters. The van der Waals surface area contributed by atoms with Gasteiger partial charge in [-0.1, -0.05) is 70.6 Å². The maximum atomic E-state index is 11.6. The third kappa shape index (κ3) is 8.14. The topological polar surface area (TPSA) is 46.5 Å². The van der Waals surface area contributed by atoms with Crippen molar-refractivity contribution in [2.45, 2.75) is 96.7 Å². The monoisotopic (exact) mass is 336 g/mol. The highest BCUT2D eigenvalue weighted by molar-refractivity contribution is 5.77. The summed E-state index contributed by atoms with van der Waals surface area (Å²) in [6.45, 7) is 4.42. The lowest BCUT2D eigenvalue weighted by Gasteiger charge is -2.13. The Morgan fingerprint density at radius 1 is 0.917 bits per heavy atom. The van der Waals surface area contributed by atoms with Crippen LogP contribution in [0.25, 0.3) is 0 Å². The third-order valence-corrected chi connectivity index (χ3v) is 4.67. The molecule has 0 radical (unpaired) electrons. The van der Waals surface area contributed by atoms with Crippen LogP contribution in [-0.2, 0) is 9.53 Å². The summed E-state index contributed by atoms with van der Waals surface area (Å²) in [5, 5.41) is 10.0. The van der Waals surface area contributed by atoms with Gasteiger partial charge in [0.25, 0.3) is 0 Å². The summed E-state index contributed by atoms with van der Waals surface area (Å²) in [6.07, 6.45) is 19.9. The second kappa shape index (κ2) is 13.2. The van der Waals surface area contributed by atoms with E-state index >= 15 is 0 Å². The van der Waals surface area contributed by atoms with Crippen molar-refractivity contribution in [3.05, 3.63) is 24.3 Å². The van der Waals surface area contributed by atoms with Gasteiger partial charge in [-0.15, -0.1) is 0 Å². The molecule has 1 fully saturated rings. The molecule has 3 nitrogen and oxygen atoms in total. The summed E-state index contributed by atoms with van der Waals surface area (Å²) < 4.78 is 5.31. The van der Waals surface area contributed by atoms with Crippen molar-refractivity contribution in [1.29, 1.82) is 0 Å². The second-order valence-corrected chi connectivity index (χ2v) is 6.84. The van der Waals surface area contributed by atoms with E-state index in [9.17, 15) is 9.90 Å². The Labute approximate surface area is 148 Å². The summed E-state index contributed by atoms with van der Waals surface area (Å²) in [4.78, 5) is 11.6. The molecule has 1 N–H and O–H groups in total. The molecular weight excluding hydrogens is 300 g/mol. The van der Waals surface area contributed by atoms with E-state index in [0.717, 1.165) is 12.8 Å². The summed E-state index contributed by atoms with van der Waals surface area (Å²) in [7, 11) is 0. The molecule has 0 bridgehead atoms. The van der Waals surface area contributed by atoms with Crippen LogP contribution in [0.15, 0.2) is 24.3 Å². The highest BCUT2D eigenvalue weighted by Crippen LogP contribution is 2.27. The molecule has 3 heteroatoms. The highest BCUT2D eigenvalue weighted by Gasteiger charge is 2.41. The van der Waals surface area contributed by atoms with Crippen LogP contribution in [0.3, 0.4) is 0 Å². The maximum absolute atomic E-state index is 11.6. The van der Waals surface area contributed by atoms with E-state index in [0.29, 0.717) is 6.42 Å². The SMILES string of the molecule is CCCCCC/C=C\C[C@H]1[C@H](/C=C/CCCCCC)OC(=O)[C@H]1O. The summed E-state index contributed by atoms with van der Waals surface area (Å²) >= 11 is 0. The molecule has 1 aliphatic rings. The van der Waals surface area contributed by atoms with E-state index in [4.69, 9.17) is 4.74 Å². The van der Waals surface area contributed by atoms with Gasteiger partial charge in [0.2, 0.25) is 0 Å². The van der Waals surface area contributed by atoms with E-state index in [1.807, 2.05) is 6.08 Å². The van der Waals surface area contributed by atoms with Crippen molar-refractivity contribution in [3.63, 3.8) is 0 Å². The molecule has 1 rings (SSSR count). The quantitative estimate of drug-likeness (QED) is 0.281. The zero-order chi connectivity index (χ0) is 17.6. The fourth-order valence-electron chi connectivity index (χ4n) is 3.07. The van der Waals surface area contributed by atoms with Crippen molar-refractivity contribution >= 4 is 5.97 Å². The first-order chi connectivity index (χ1) is 11.7. The number of esters is 1. The number of hydrogen-bond acceptors (Lipinski definition) is 3. The molecular formula is C21H36O3. The molecule has 138 valence electrons. The van der Waals surface area contributed by atoms with Gasteiger partial charge in [0.15, 0.2) is 6.10 Å². The molecule has 0 spiro atoms. The lowest BCUT2D eigenvalue weighted by atomic mass is 9.94. The van der Waals surface area contributed by atoms with Crippen LogP contribution in [-0.4, -0.2) is 23.3 Å². The molecule has 1 saturated heterocycles. The van der Waals surface area contributed by atoms with Crippen molar-refractivity contribution in [2.24, 2.45) is 5.92 Å². The number of ether oxygens (including phenoxy) is 1. The van der Waals surface area contributed by atoms with E-state index in [-0.39, 0.29) is 12.0 Å². The number of aliphatic hydroxyl groups is 1. The van der Waals surface area contributed by atoms with Crippen molar-refractivity contribution in [3.8, 4) is 0 Å². The Hall–Kier alpha value is -1.09. The van der Waals surface area contributed by atoms with Crippen molar-refractivity contribution < 1.29 is 14.6 Å². The number of unbranched alkanes of at least 4 members (excludes halogenated alkanes) is 8. The number of carbonyl (C=O) groups excluding carboxylic acids is 1. The van der Waals surface area contributed by atoms with E-state index in [1.165, 1.54) is 51.4 Å². The van der Waals surface area contributed by atoms with Crippen LogP contribution in [0.5, 0.6) is 0 Å². The highest BCUT2D eigenvalue weighted by atomic mass is 16.6. The molecule has 0 aromatic rings. The summed E-state index contributed by atoms with van der Waals surface area (Å²) in [5.41, 5.74) is 0. The number of allylic oxidation sites excluding steroid dienone is 3. The average Bonchev–Trinajstić information content (AvgIpc) is 2.84. The summed E-state index contributed by atoms with van der Waals surface area (Å²) in [5.74, 6) is -0.617. The Bertz CT molecular complexity index is 387. The van der Waals surface area contributed by atoms with Gasteiger partial charge in [-0.3, -0.25) is 0 Å². The molecule has 0 saturated carbocycles. The van der Waals surface area contributed by atoms with Gasteiger partial charge in [-0.25, -0.2) is 4.79 Å². The largest absolute Gasteiger partial charge is 0.456 e. The number of rotatable bonds is 13. The normalized spacial score (nSPS) is 24.3. The van der Waals surface area contributed by atoms with Crippen LogP contribution in [0, 0.1) is 5.92 Å². The molecule has 0 aliphatic carbocycles. The second-order valence-electron chi connectivity index (χ2n) is 6.84. The Morgan fingerprint density at radius 3 is 2.17 bits per heavy atom. The van der Waals surface area contributed by atoms with E-state index in [1.54, 1.807) is 0 Å². The molecule has 0 aromatic heterocycles. The Morgan fingerprint density at radius 2 is 1.54 bits per heavy atom. The lowest BCUT2D eigenvalue weighted by Crippen LogP contribution is -2.23. The average molecular weight is 337 g/mol. The standard InChI is InChI=1S/C21H36O3/c1-3-5-7-9-11-12-14-16-18-19(24-21(23)20(18)22)17-15-13-10-8-6-4-2/h12,14-15,17-20,22H,3-11,13,16H2,1-2H3/b14-12-,17-15+/t18-,19-,20-/m0/s1. The van der Waals surface area contributed by atoms with E-state index < -0.39 is 12.1 Å². The number of cyclic esters (lactones) is 1. The van der Waals surface area contributed by atoms with Crippen LogP contribution in [0.2, 0.25) is 0 Å². The Balaban J connectivity index is 2.33. The zero-order valence-corrected chi connectivity index (χ0v) is 15.6. The van der Waals surface area contributed by atoms with Crippen LogP contribution >= 0.6 is 0 Å². The van der Waals surface area contributed by atoms with Crippen molar-refractivity contribution in [2.75, 3.05) is 0 Å². The van der Waals surface area contributed by atoms with Crippen LogP contribution in [0.4, 0.5) is 0 Å². The van der Waals surface area contributed by atoms with Gasteiger partial charge in [-0.05, 0) is 38.2 Å². The minimum absolute atomic E-state index is 0.142. The smallest absolute Gasteiger partial charge is 0.336 e. The van der Waals surface area contributed by atoms with Gasteiger partial charge in [0, 0.05) is 5.92 Å². The molecule has 0 amide bonds. The molecule has 1 heterocycles. The summed E-state index contributed by atoms with van der Waals surface area (Å²) in [6, 6.07) is 0. The predicted molar refractivity (Wildman–Crippen MR) is 99.8 cm³/mol. The fourth-order valence-corrected chi connectivity index (χ4v) is 3.07. The molecule has 0 aromatic carbocycles. The van der Waals surface area contributed by atoms with E-state index in [2.05, 4.69) is 32.1 Å². The zero-order valence-electron chi connectivity index (χ0n) is 15.6. The fraction of sp³-hybridized carbons (Fsp3) is 0.762. The molecule has 24 heavy (non-hydrogen) atoms. The van der Waals surface area contributed by atoms with Crippen molar-refractivity contribution in [1.82, 2.24) is 0 Å². The van der Waals surface area contributed by atoms with Crippen LogP contribution in [0.1, 0.15) is 84.5 Å². The first kappa shape index (κ1) is 21.0. The lowest BCUT2D eigenvalue weighted by molar-refractivity contribution is -0.146. The predicted octanol–water partition coefficient (Wildman–Crippen LogP) is 5.33. The minimum atomic E-state index is -0.982. The first-order valence-electron chi connectivity index (χ1n) is 9.90. The molecule has 0 unspecified atom stereocenters. The number of carbonyl (C=O) groups is 1. The van der Waals surface area contributed by atoms with Gasteiger partial charge in [0.1, 0.15) is 6.10 Å². The van der Waals surface area contributed by atoms with Gasteiger partial charge < -0.3 is 9.84 Å². The van der Waals surface area contributed by atoms with Gasteiger partial charge in [-0.2, -0.15) is 0 Å². The first-order valence-corrected chi connectivity index (χ1v) is 9.90. The van der Waals surface area contributed by atoms with Gasteiger partial charge in [0.05, 0.1) is 0 Å². The van der Waals surface area contributed by atoms with Gasteiger partial charge >= 0.3 is 5.97 Å². The Kier molecular flexibility index (Phi) is 11.5.